The van der Waals surface area contributed by atoms with E-state index in [4.69, 9.17) is 0 Å². The number of rotatable bonds is 2. The zero-order chi connectivity index (χ0) is 12.4. The lowest BCUT2D eigenvalue weighted by atomic mass is 10.4. The number of carbonyl (C=O) groups is 1. The van der Waals surface area contributed by atoms with Crippen LogP contribution in [0.3, 0.4) is 0 Å². The van der Waals surface area contributed by atoms with Crippen LogP contribution in [-0.4, -0.2) is 30.6 Å². The summed E-state index contributed by atoms with van der Waals surface area (Å²) in [6.45, 7) is 3.56. The van der Waals surface area contributed by atoms with E-state index in [1.54, 1.807) is 20.9 Å². The average molecular weight is 232 g/mol. The fourth-order valence-corrected chi connectivity index (χ4v) is 1.30. The molecule has 0 radical (unpaired) electrons. The summed E-state index contributed by atoms with van der Waals surface area (Å²) in [7, 11) is 1.70. The van der Waals surface area contributed by atoms with Crippen LogP contribution in [0.2, 0.25) is 0 Å². The van der Waals surface area contributed by atoms with E-state index in [9.17, 15) is 4.79 Å². The predicted molar refractivity (Wildman–Crippen MR) is 60.5 cm³/mol. The third-order valence-corrected chi connectivity index (χ3v) is 2.11. The van der Waals surface area contributed by atoms with Gasteiger partial charge in [-0.25, -0.2) is 9.67 Å². The van der Waals surface area contributed by atoms with Crippen LogP contribution in [0.25, 0.3) is 0 Å². The molecule has 0 fully saturated rings. The minimum atomic E-state index is -0.354. The van der Waals surface area contributed by atoms with E-state index in [0.29, 0.717) is 11.8 Å². The molecular formula is C10H12N6O. The fourth-order valence-electron chi connectivity index (χ4n) is 1.30. The number of anilines is 1. The van der Waals surface area contributed by atoms with Gasteiger partial charge in [0, 0.05) is 13.2 Å². The number of carbonyl (C=O) groups excluding carboxylic acids is 1. The van der Waals surface area contributed by atoms with Gasteiger partial charge in [-0.05, 0) is 13.8 Å². The number of nitrogens with one attached hydrogen (secondary N) is 1. The van der Waals surface area contributed by atoms with Crippen molar-refractivity contribution >= 4 is 11.9 Å². The van der Waals surface area contributed by atoms with Gasteiger partial charge in [0.05, 0.1) is 11.9 Å². The predicted octanol–water partition coefficient (Wildman–Crippen LogP) is 0.474. The fraction of sp³-hybridized carbons (Fsp3) is 0.300. The van der Waals surface area contributed by atoms with Gasteiger partial charge in [0.1, 0.15) is 11.5 Å². The van der Waals surface area contributed by atoms with E-state index in [-0.39, 0.29) is 11.6 Å². The Balaban J connectivity index is 2.17. The summed E-state index contributed by atoms with van der Waals surface area (Å²) < 4.78 is 1.49. The summed E-state index contributed by atoms with van der Waals surface area (Å²) >= 11 is 0. The standard InChI is InChI=1S/C10H12N6O/c1-6-4-12-8(5-11-6)9(17)14-10-13-7(2)15-16(10)3/h4-5H,1-3H3,(H,13,14,15,17). The van der Waals surface area contributed by atoms with Gasteiger partial charge >= 0.3 is 0 Å². The molecule has 7 nitrogen and oxygen atoms in total. The molecule has 0 aliphatic heterocycles. The van der Waals surface area contributed by atoms with E-state index in [0.717, 1.165) is 5.69 Å². The van der Waals surface area contributed by atoms with Crippen molar-refractivity contribution in [2.24, 2.45) is 7.05 Å². The van der Waals surface area contributed by atoms with Crippen LogP contribution in [0.1, 0.15) is 22.0 Å². The zero-order valence-electron chi connectivity index (χ0n) is 9.80. The Morgan fingerprint density at radius 3 is 2.59 bits per heavy atom. The molecule has 88 valence electrons. The number of aryl methyl sites for hydroxylation is 3. The molecule has 2 rings (SSSR count). The lowest BCUT2D eigenvalue weighted by Crippen LogP contribution is -2.17. The van der Waals surface area contributed by atoms with Gasteiger partial charge in [0.2, 0.25) is 5.95 Å². The van der Waals surface area contributed by atoms with Crippen molar-refractivity contribution in [3.63, 3.8) is 0 Å². The van der Waals surface area contributed by atoms with Gasteiger partial charge in [-0.2, -0.15) is 10.1 Å². The number of hydrogen-bond acceptors (Lipinski definition) is 5. The highest BCUT2D eigenvalue weighted by Gasteiger charge is 2.11. The van der Waals surface area contributed by atoms with E-state index >= 15 is 0 Å². The van der Waals surface area contributed by atoms with Crippen LogP contribution in [0.5, 0.6) is 0 Å². The SMILES string of the molecule is Cc1cnc(C(=O)Nc2nc(C)nn2C)cn1. The van der Waals surface area contributed by atoms with E-state index < -0.39 is 0 Å². The molecule has 0 spiro atoms. The van der Waals surface area contributed by atoms with Crippen LogP contribution in [-0.2, 0) is 7.05 Å². The van der Waals surface area contributed by atoms with Crippen LogP contribution < -0.4 is 5.32 Å². The molecule has 0 bridgehead atoms. The van der Waals surface area contributed by atoms with Crippen molar-refractivity contribution in [1.29, 1.82) is 0 Å². The summed E-state index contributed by atoms with van der Waals surface area (Å²) in [6, 6.07) is 0. The second-order valence-corrected chi connectivity index (χ2v) is 3.60. The van der Waals surface area contributed by atoms with Gasteiger partial charge in [-0.1, -0.05) is 0 Å². The maximum Gasteiger partial charge on any atom is 0.278 e. The van der Waals surface area contributed by atoms with Gasteiger partial charge < -0.3 is 0 Å². The van der Waals surface area contributed by atoms with E-state index in [1.165, 1.54) is 17.1 Å². The quantitative estimate of drug-likeness (QED) is 0.813. The molecule has 0 unspecified atom stereocenters. The first-order chi connectivity index (χ1) is 8.06. The van der Waals surface area contributed by atoms with Gasteiger partial charge in [-0.3, -0.25) is 15.1 Å². The molecule has 2 aromatic heterocycles. The van der Waals surface area contributed by atoms with E-state index in [1.807, 2.05) is 0 Å². The molecular weight excluding hydrogens is 220 g/mol. The summed E-state index contributed by atoms with van der Waals surface area (Å²) in [4.78, 5) is 23.8. The topological polar surface area (TPSA) is 85.6 Å². The molecule has 1 amide bonds. The van der Waals surface area contributed by atoms with Crippen molar-refractivity contribution in [3.8, 4) is 0 Å². The lowest BCUT2D eigenvalue weighted by Gasteiger charge is -2.02. The van der Waals surface area contributed by atoms with Crippen molar-refractivity contribution in [2.75, 3.05) is 5.32 Å². The smallest absolute Gasteiger partial charge is 0.278 e. The number of hydrogen-bond donors (Lipinski definition) is 1. The first-order valence-corrected chi connectivity index (χ1v) is 5.04. The van der Waals surface area contributed by atoms with Crippen LogP contribution in [0, 0.1) is 13.8 Å². The van der Waals surface area contributed by atoms with E-state index in [2.05, 4.69) is 25.4 Å². The normalized spacial score (nSPS) is 10.3. The van der Waals surface area contributed by atoms with Crippen molar-refractivity contribution in [3.05, 3.63) is 29.6 Å². The van der Waals surface area contributed by atoms with Crippen molar-refractivity contribution in [2.45, 2.75) is 13.8 Å². The average Bonchev–Trinajstić information content (AvgIpc) is 2.58. The highest BCUT2D eigenvalue weighted by Crippen LogP contribution is 2.04. The molecule has 0 atom stereocenters. The summed E-state index contributed by atoms with van der Waals surface area (Å²) in [5, 5.41) is 6.64. The largest absolute Gasteiger partial charge is 0.289 e. The van der Waals surface area contributed by atoms with Crippen LogP contribution in [0.4, 0.5) is 5.95 Å². The first-order valence-electron chi connectivity index (χ1n) is 5.04. The van der Waals surface area contributed by atoms with Crippen LogP contribution in [0.15, 0.2) is 12.4 Å². The highest BCUT2D eigenvalue weighted by atomic mass is 16.2. The maximum absolute atomic E-state index is 11.8. The third kappa shape index (κ3) is 2.44. The maximum atomic E-state index is 11.8. The Morgan fingerprint density at radius 1 is 1.29 bits per heavy atom. The highest BCUT2D eigenvalue weighted by molar-refractivity contribution is 6.01. The Morgan fingerprint density at radius 2 is 2.06 bits per heavy atom. The lowest BCUT2D eigenvalue weighted by molar-refractivity contribution is 0.102. The van der Waals surface area contributed by atoms with Gasteiger partial charge in [0.15, 0.2) is 0 Å². The second-order valence-electron chi connectivity index (χ2n) is 3.60. The molecule has 0 aliphatic rings. The Hall–Kier alpha value is -2.31. The van der Waals surface area contributed by atoms with Crippen molar-refractivity contribution < 1.29 is 4.79 Å². The molecule has 2 heterocycles. The van der Waals surface area contributed by atoms with Gasteiger partial charge in [-0.15, -0.1) is 0 Å². The number of nitrogens with zero attached hydrogens (tertiary/aromatic N) is 5. The van der Waals surface area contributed by atoms with Crippen molar-refractivity contribution in [1.82, 2.24) is 24.7 Å². The molecule has 0 aromatic carbocycles. The molecule has 7 heteroatoms. The Kier molecular flexibility index (Phi) is 2.82. The second kappa shape index (κ2) is 4.28. The minimum Gasteiger partial charge on any atom is -0.289 e. The number of aromatic nitrogens is 5. The zero-order valence-corrected chi connectivity index (χ0v) is 9.80. The molecule has 17 heavy (non-hydrogen) atoms. The molecule has 0 aliphatic carbocycles. The Labute approximate surface area is 97.9 Å². The Bertz CT molecular complexity index is 544. The molecule has 0 saturated heterocycles. The first kappa shape index (κ1) is 11.2. The third-order valence-electron chi connectivity index (χ3n) is 2.11. The monoisotopic (exact) mass is 232 g/mol. The molecule has 0 saturated carbocycles. The molecule has 1 N–H and O–H groups in total. The number of amides is 1. The molecule has 2 aromatic rings. The summed E-state index contributed by atoms with van der Waals surface area (Å²) in [5.74, 6) is 0.626. The van der Waals surface area contributed by atoms with Crippen LogP contribution >= 0.6 is 0 Å². The summed E-state index contributed by atoms with van der Waals surface area (Å²) in [5.41, 5.74) is 1.01. The minimum absolute atomic E-state index is 0.247. The van der Waals surface area contributed by atoms with Gasteiger partial charge in [0.25, 0.3) is 5.91 Å². The summed E-state index contributed by atoms with van der Waals surface area (Å²) in [6.07, 6.45) is 2.96.